The van der Waals surface area contributed by atoms with E-state index in [4.69, 9.17) is 16.0 Å². The van der Waals surface area contributed by atoms with Gasteiger partial charge in [0.15, 0.2) is 0 Å². The van der Waals surface area contributed by atoms with E-state index in [0.717, 1.165) is 0 Å². The van der Waals surface area contributed by atoms with E-state index in [1.54, 1.807) is 0 Å². The molecule has 1 aromatic rings. The van der Waals surface area contributed by atoms with Crippen molar-refractivity contribution in [3.8, 4) is 0 Å². The van der Waals surface area contributed by atoms with Gasteiger partial charge < -0.3 is 14.3 Å². The summed E-state index contributed by atoms with van der Waals surface area (Å²) >= 11 is 0. The van der Waals surface area contributed by atoms with Crippen molar-refractivity contribution in [2.24, 2.45) is 0 Å². The third kappa shape index (κ3) is 2.99. The van der Waals surface area contributed by atoms with Gasteiger partial charge in [-0.2, -0.15) is 8.42 Å². The van der Waals surface area contributed by atoms with Gasteiger partial charge in [0.25, 0.3) is 10.1 Å². The molecule has 7 heteroatoms. The zero-order valence-electron chi connectivity index (χ0n) is 8.77. The van der Waals surface area contributed by atoms with Crippen molar-refractivity contribution in [1.82, 2.24) is 0 Å². The summed E-state index contributed by atoms with van der Waals surface area (Å²) in [4.78, 5) is -0.359. The van der Waals surface area contributed by atoms with E-state index in [0.29, 0.717) is 0 Å². The number of para-hydroxylation sites is 1. The number of nitrogens with two attached hydrogens (primary N) is 2. The second-order valence-electron chi connectivity index (χ2n) is 2.23. The fourth-order valence-corrected chi connectivity index (χ4v) is 1.43. The summed E-state index contributed by atoms with van der Waals surface area (Å²) in [5, 5.41) is 0. The number of hydrogen-bond acceptors (Lipinski definition) is 4. The molecule has 0 aliphatic heterocycles. The van der Waals surface area contributed by atoms with E-state index in [1.807, 2.05) is 0 Å². The molecule has 0 aliphatic rings. The van der Waals surface area contributed by atoms with E-state index < -0.39 is 10.1 Å². The van der Waals surface area contributed by atoms with Crippen molar-refractivity contribution >= 4 is 59.2 Å². The number of anilines is 2. The molecule has 0 unspecified atom stereocenters. The smallest absolute Gasteiger partial charge is 1.00 e. The van der Waals surface area contributed by atoms with Crippen LogP contribution in [0.4, 0.5) is 11.4 Å². The number of nitrogen functional groups attached to an aromatic ring is 2. The monoisotopic (exact) mass is 230 g/mol. The number of benzene rings is 1. The molecule has 0 heterocycles. The molecule has 70 valence electrons. The summed E-state index contributed by atoms with van der Waals surface area (Å²) in [5.41, 5.74) is 10.6. The quantitative estimate of drug-likeness (QED) is 0.356. The topological polar surface area (TPSA) is 106 Å². The summed E-state index contributed by atoms with van der Waals surface area (Å²) in [6.07, 6.45) is 0. The normalized spacial score (nSPS) is 10.5. The molecule has 1 rings (SSSR count). The molecule has 0 aliphatic carbocycles. The van der Waals surface area contributed by atoms with E-state index in [9.17, 15) is 8.42 Å². The van der Waals surface area contributed by atoms with Gasteiger partial charge in [0.1, 0.15) is 4.90 Å². The Labute approximate surface area is 109 Å². The molecule has 0 aromatic heterocycles. The van der Waals surface area contributed by atoms with Gasteiger partial charge in [0.05, 0.1) is 11.4 Å². The minimum absolute atomic E-state index is 0. The van der Waals surface area contributed by atoms with Crippen LogP contribution in [-0.4, -0.2) is 50.7 Å². The second kappa shape index (κ2) is 4.47. The molecule has 0 amide bonds. The maximum atomic E-state index is 10.6. The minimum Gasteiger partial charge on any atom is -1.00 e. The van der Waals surface area contributed by atoms with Crippen LogP contribution < -0.4 is 11.5 Å². The Morgan fingerprint density at radius 3 is 2.23 bits per heavy atom. The molecule has 5 nitrogen and oxygen atoms in total. The molecule has 1 aromatic carbocycles. The van der Waals surface area contributed by atoms with Gasteiger partial charge in [-0.15, -0.1) is 0 Å². The first kappa shape index (κ1) is 13.0. The summed E-state index contributed by atoms with van der Waals surface area (Å²) < 4.78 is 29.9. The van der Waals surface area contributed by atoms with E-state index in [2.05, 4.69) is 0 Å². The Bertz CT molecular complexity index is 413. The molecular weight excluding hydrogens is 220 g/mol. The van der Waals surface area contributed by atoms with Crippen LogP contribution >= 0.6 is 0 Å². The van der Waals surface area contributed by atoms with Crippen LogP contribution in [-0.2, 0) is 10.1 Å². The average molecular weight is 230 g/mol. The van der Waals surface area contributed by atoms with Crippen molar-refractivity contribution in [2.75, 3.05) is 11.5 Å². The fourth-order valence-electron chi connectivity index (χ4n) is 0.786. The first-order chi connectivity index (χ1) is 5.43. The standard InChI is InChI=1S/C6H8N2O3S.Ca.2H/c7-4-2-1-3-5(6(4)8)12(9,10)11;;;/h1-3H,7-8H2,(H,9,10,11);;;/q;+2;2*-1. The van der Waals surface area contributed by atoms with Crippen LogP contribution in [0.2, 0.25) is 0 Å². The summed E-state index contributed by atoms with van der Waals surface area (Å²) in [5.74, 6) is 0. The van der Waals surface area contributed by atoms with E-state index in [1.165, 1.54) is 18.2 Å². The van der Waals surface area contributed by atoms with E-state index in [-0.39, 0.29) is 56.9 Å². The van der Waals surface area contributed by atoms with Crippen molar-refractivity contribution in [2.45, 2.75) is 4.90 Å². The molecule has 0 fully saturated rings. The molecule has 0 radical (unpaired) electrons. The molecule has 0 saturated heterocycles. The zero-order chi connectivity index (χ0) is 9.35. The van der Waals surface area contributed by atoms with Crippen molar-refractivity contribution in [1.29, 1.82) is 0 Å². The molecule has 0 spiro atoms. The SMILES string of the molecule is Nc1cccc(S(=O)(=O)O)c1N.[Ca+2].[H-].[H-]. The molecule has 13 heavy (non-hydrogen) atoms. The second-order valence-corrected chi connectivity index (χ2v) is 3.62. The first-order valence-corrected chi connectivity index (χ1v) is 4.48. The summed E-state index contributed by atoms with van der Waals surface area (Å²) in [6, 6.07) is 4.03. The first-order valence-electron chi connectivity index (χ1n) is 3.04. The number of hydrogen-bond donors (Lipinski definition) is 3. The third-order valence-corrected chi connectivity index (χ3v) is 2.29. The van der Waals surface area contributed by atoms with Crippen molar-refractivity contribution in [3.05, 3.63) is 18.2 Å². The van der Waals surface area contributed by atoms with Crippen LogP contribution in [0.5, 0.6) is 0 Å². The van der Waals surface area contributed by atoms with Gasteiger partial charge >= 0.3 is 37.7 Å². The maximum Gasteiger partial charge on any atom is 2.00 e. The largest absolute Gasteiger partial charge is 2.00 e. The van der Waals surface area contributed by atoms with Gasteiger partial charge in [0.2, 0.25) is 0 Å². The predicted octanol–water partition coefficient (Wildman–Crippen LogP) is -0.0581. The van der Waals surface area contributed by atoms with Gasteiger partial charge in [0, 0.05) is 0 Å². The Balaban J connectivity index is -0.000000480. The summed E-state index contributed by atoms with van der Waals surface area (Å²) in [7, 11) is -4.26. The Kier molecular flexibility index (Phi) is 4.47. The average Bonchev–Trinajstić information content (AvgIpc) is 1.92. The Morgan fingerprint density at radius 1 is 1.31 bits per heavy atom. The fraction of sp³-hybridized carbons (Fsp3) is 0. The number of rotatable bonds is 1. The van der Waals surface area contributed by atoms with Crippen LogP contribution in [0.15, 0.2) is 23.1 Å². The van der Waals surface area contributed by atoms with Crippen LogP contribution in [0, 0.1) is 0 Å². The zero-order valence-corrected chi connectivity index (χ0v) is 9.79. The van der Waals surface area contributed by atoms with Crippen molar-refractivity contribution in [3.63, 3.8) is 0 Å². The predicted molar refractivity (Wildman–Crippen MR) is 53.1 cm³/mol. The molecule has 0 saturated carbocycles. The Morgan fingerprint density at radius 2 is 1.85 bits per heavy atom. The summed E-state index contributed by atoms with van der Waals surface area (Å²) in [6.45, 7) is 0. The van der Waals surface area contributed by atoms with Crippen LogP contribution in [0.3, 0.4) is 0 Å². The molecular formula is C6H10CaN2O3S. The minimum atomic E-state index is -4.26. The van der Waals surface area contributed by atoms with Gasteiger partial charge in [-0.05, 0) is 12.1 Å². The third-order valence-electron chi connectivity index (χ3n) is 1.38. The van der Waals surface area contributed by atoms with Crippen LogP contribution in [0.25, 0.3) is 0 Å². The van der Waals surface area contributed by atoms with Crippen LogP contribution in [0.1, 0.15) is 2.85 Å². The van der Waals surface area contributed by atoms with Gasteiger partial charge in [-0.25, -0.2) is 0 Å². The maximum absolute atomic E-state index is 10.6. The van der Waals surface area contributed by atoms with Gasteiger partial charge in [-0.1, -0.05) is 6.07 Å². The van der Waals surface area contributed by atoms with E-state index >= 15 is 0 Å². The molecule has 0 atom stereocenters. The van der Waals surface area contributed by atoms with Crippen molar-refractivity contribution < 1.29 is 15.8 Å². The van der Waals surface area contributed by atoms with Gasteiger partial charge in [-0.3, -0.25) is 4.55 Å². The molecule has 0 bridgehead atoms. The Hall–Kier alpha value is -0.0103. The molecule has 5 N–H and O–H groups in total.